The first-order valence-corrected chi connectivity index (χ1v) is 8.12. The van der Waals surface area contributed by atoms with Crippen LogP contribution in [-0.4, -0.2) is 42.8 Å². The summed E-state index contributed by atoms with van der Waals surface area (Å²) in [5.74, 6) is 2.24. The van der Waals surface area contributed by atoms with E-state index in [9.17, 15) is 4.79 Å². The molecule has 5 rings (SSSR count). The van der Waals surface area contributed by atoms with Gasteiger partial charge < -0.3 is 14.8 Å². The van der Waals surface area contributed by atoms with Crippen LogP contribution in [0.4, 0.5) is 0 Å². The number of amides is 1. The van der Waals surface area contributed by atoms with Crippen molar-refractivity contribution < 1.29 is 14.3 Å². The predicted molar refractivity (Wildman–Crippen MR) is 82.0 cm³/mol. The topological polar surface area (TPSA) is 50.8 Å². The van der Waals surface area contributed by atoms with Crippen molar-refractivity contribution in [2.75, 3.05) is 19.9 Å². The van der Waals surface area contributed by atoms with Crippen LogP contribution in [0.25, 0.3) is 0 Å². The molecular weight excluding hydrogens is 280 g/mol. The highest BCUT2D eigenvalue weighted by Crippen LogP contribution is 2.33. The molecule has 0 aliphatic carbocycles. The molecule has 0 saturated carbocycles. The summed E-state index contributed by atoms with van der Waals surface area (Å²) in [7, 11) is 0. The largest absolute Gasteiger partial charge is 0.454 e. The molecule has 5 nitrogen and oxygen atoms in total. The number of ether oxygens (including phenoxy) is 2. The van der Waals surface area contributed by atoms with Crippen LogP contribution in [0.3, 0.4) is 0 Å². The maximum Gasteiger partial charge on any atom is 0.231 e. The Balaban J connectivity index is 1.40. The first kappa shape index (κ1) is 13.9. The lowest BCUT2D eigenvalue weighted by molar-refractivity contribution is -0.123. The van der Waals surface area contributed by atoms with Gasteiger partial charge in [0.05, 0.1) is 6.42 Å². The lowest BCUT2D eigenvalue weighted by Gasteiger charge is -2.50. The molecule has 2 atom stereocenters. The zero-order chi connectivity index (χ0) is 15.1. The van der Waals surface area contributed by atoms with E-state index >= 15 is 0 Å². The molecule has 0 radical (unpaired) electrons. The molecule has 1 aromatic rings. The predicted octanol–water partition coefficient (Wildman–Crippen LogP) is 1.56. The van der Waals surface area contributed by atoms with Gasteiger partial charge in [0.15, 0.2) is 11.5 Å². The Morgan fingerprint density at radius 1 is 1.27 bits per heavy atom. The molecule has 0 aromatic heterocycles. The van der Waals surface area contributed by atoms with Gasteiger partial charge in [-0.05, 0) is 56.5 Å². The van der Waals surface area contributed by atoms with E-state index in [1.165, 1.54) is 25.9 Å². The van der Waals surface area contributed by atoms with Gasteiger partial charge in [-0.3, -0.25) is 9.69 Å². The van der Waals surface area contributed by atoms with Gasteiger partial charge in [-0.15, -0.1) is 0 Å². The van der Waals surface area contributed by atoms with Crippen molar-refractivity contribution >= 4 is 5.91 Å². The Bertz CT molecular complexity index is 579. The second-order valence-electron chi connectivity index (χ2n) is 6.57. The monoisotopic (exact) mass is 302 g/mol. The summed E-state index contributed by atoms with van der Waals surface area (Å²) in [6.07, 6.45) is 2.81. The quantitative estimate of drug-likeness (QED) is 0.920. The number of fused-ring (bicyclic) bond motifs is 4. The number of nitrogens with one attached hydrogen (secondary N) is 1. The van der Waals surface area contributed by atoms with E-state index in [0.29, 0.717) is 24.4 Å². The number of piperidine rings is 3. The van der Waals surface area contributed by atoms with Crippen LogP contribution in [0.5, 0.6) is 11.5 Å². The summed E-state index contributed by atoms with van der Waals surface area (Å²) in [5.41, 5.74) is 0.968. The molecule has 118 valence electrons. The Kier molecular flexibility index (Phi) is 3.45. The molecule has 0 spiro atoms. The van der Waals surface area contributed by atoms with Crippen molar-refractivity contribution in [3.8, 4) is 11.5 Å². The standard InChI is InChI=1S/C17H22N2O3/c1-11-17(13-4-6-19(11)7-5-13)18-16(20)9-12-2-3-14-15(8-12)22-10-21-14/h2-3,8,11,13,17H,4-7,9-10H2,1H3,(H,18,20)/t11-,17+/m1/s1. The summed E-state index contributed by atoms with van der Waals surface area (Å²) in [6.45, 7) is 4.86. The number of rotatable bonds is 3. The molecule has 4 aliphatic heterocycles. The molecule has 22 heavy (non-hydrogen) atoms. The van der Waals surface area contributed by atoms with E-state index in [1.807, 2.05) is 18.2 Å². The number of carbonyl (C=O) groups excluding carboxylic acids is 1. The molecule has 3 fully saturated rings. The fourth-order valence-corrected chi connectivity index (χ4v) is 4.02. The van der Waals surface area contributed by atoms with Crippen LogP contribution in [0.2, 0.25) is 0 Å². The van der Waals surface area contributed by atoms with Crippen molar-refractivity contribution in [1.82, 2.24) is 10.2 Å². The van der Waals surface area contributed by atoms with Crippen molar-refractivity contribution in [3.05, 3.63) is 23.8 Å². The summed E-state index contributed by atoms with van der Waals surface area (Å²) in [4.78, 5) is 14.9. The van der Waals surface area contributed by atoms with Crippen LogP contribution >= 0.6 is 0 Å². The first-order chi connectivity index (χ1) is 10.7. The normalized spacial score (nSPS) is 32.0. The zero-order valence-electron chi connectivity index (χ0n) is 12.9. The molecule has 1 aromatic carbocycles. The zero-order valence-corrected chi connectivity index (χ0v) is 12.9. The van der Waals surface area contributed by atoms with E-state index in [-0.39, 0.29) is 12.7 Å². The Morgan fingerprint density at radius 3 is 2.82 bits per heavy atom. The minimum absolute atomic E-state index is 0.101. The highest BCUT2D eigenvalue weighted by molar-refractivity contribution is 5.79. The third-order valence-electron chi connectivity index (χ3n) is 5.31. The van der Waals surface area contributed by atoms with Crippen molar-refractivity contribution in [1.29, 1.82) is 0 Å². The van der Waals surface area contributed by atoms with E-state index in [0.717, 1.165) is 17.1 Å². The Labute approximate surface area is 130 Å². The second kappa shape index (κ2) is 5.47. The van der Waals surface area contributed by atoms with Gasteiger partial charge in [-0.25, -0.2) is 0 Å². The molecule has 2 bridgehead atoms. The number of carbonyl (C=O) groups is 1. The maximum absolute atomic E-state index is 12.4. The molecular formula is C17H22N2O3. The molecule has 3 saturated heterocycles. The first-order valence-electron chi connectivity index (χ1n) is 8.12. The maximum atomic E-state index is 12.4. The lowest BCUT2D eigenvalue weighted by Crippen LogP contribution is -2.62. The molecule has 5 heteroatoms. The molecule has 4 aliphatic rings. The average molecular weight is 302 g/mol. The number of benzene rings is 1. The molecule has 1 amide bonds. The molecule has 1 N–H and O–H groups in total. The summed E-state index contributed by atoms with van der Waals surface area (Å²) < 4.78 is 10.7. The molecule has 4 heterocycles. The smallest absolute Gasteiger partial charge is 0.231 e. The van der Waals surface area contributed by atoms with Crippen molar-refractivity contribution in [2.45, 2.75) is 38.3 Å². The van der Waals surface area contributed by atoms with E-state index in [1.54, 1.807) is 0 Å². The fourth-order valence-electron chi connectivity index (χ4n) is 4.02. The van der Waals surface area contributed by atoms with Crippen molar-refractivity contribution in [3.63, 3.8) is 0 Å². The average Bonchev–Trinajstić information content (AvgIpc) is 2.99. The van der Waals surface area contributed by atoms with E-state index < -0.39 is 0 Å². The number of hydrogen-bond donors (Lipinski definition) is 1. The third-order valence-corrected chi connectivity index (χ3v) is 5.31. The summed E-state index contributed by atoms with van der Waals surface area (Å²) >= 11 is 0. The van der Waals surface area contributed by atoms with Gasteiger partial charge in [0, 0.05) is 12.1 Å². The van der Waals surface area contributed by atoms with E-state index in [2.05, 4.69) is 17.1 Å². The fraction of sp³-hybridized carbons (Fsp3) is 0.588. The minimum atomic E-state index is 0.101. The van der Waals surface area contributed by atoms with E-state index in [4.69, 9.17) is 9.47 Å². The van der Waals surface area contributed by atoms with Crippen LogP contribution in [-0.2, 0) is 11.2 Å². The highest BCUT2D eigenvalue weighted by atomic mass is 16.7. The van der Waals surface area contributed by atoms with Crippen molar-refractivity contribution in [2.24, 2.45) is 5.92 Å². The summed E-state index contributed by atoms with van der Waals surface area (Å²) in [6, 6.07) is 6.47. The number of nitrogens with zero attached hydrogens (tertiary/aromatic N) is 1. The van der Waals surface area contributed by atoms with Crippen LogP contribution in [0.15, 0.2) is 18.2 Å². The van der Waals surface area contributed by atoms with Gasteiger partial charge in [0.2, 0.25) is 12.7 Å². The second-order valence-corrected chi connectivity index (χ2v) is 6.57. The molecule has 0 unspecified atom stereocenters. The Hall–Kier alpha value is -1.75. The van der Waals surface area contributed by atoms with Crippen LogP contribution in [0, 0.1) is 5.92 Å². The lowest BCUT2D eigenvalue weighted by atomic mass is 9.79. The van der Waals surface area contributed by atoms with Gasteiger partial charge in [-0.1, -0.05) is 6.07 Å². The third kappa shape index (κ3) is 2.43. The number of hydrogen-bond acceptors (Lipinski definition) is 4. The summed E-state index contributed by atoms with van der Waals surface area (Å²) in [5, 5.41) is 3.26. The van der Waals surface area contributed by atoms with Gasteiger partial charge in [-0.2, -0.15) is 0 Å². The van der Waals surface area contributed by atoms with Gasteiger partial charge in [0.1, 0.15) is 0 Å². The van der Waals surface area contributed by atoms with Gasteiger partial charge >= 0.3 is 0 Å². The minimum Gasteiger partial charge on any atom is -0.454 e. The van der Waals surface area contributed by atoms with Crippen LogP contribution in [0.1, 0.15) is 25.3 Å². The Morgan fingerprint density at radius 2 is 2.05 bits per heavy atom. The van der Waals surface area contributed by atoms with Crippen LogP contribution < -0.4 is 14.8 Å². The highest BCUT2D eigenvalue weighted by Gasteiger charge is 2.40. The van der Waals surface area contributed by atoms with Gasteiger partial charge in [0.25, 0.3) is 0 Å². The SMILES string of the molecule is C[C@@H]1[C@H](NC(=O)Cc2ccc3c(c2)OCO3)C2CCN1CC2.